The predicted octanol–water partition coefficient (Wildman–Crippen LogP) is 5.83. The number of hydrogen-bond acceptors (Lipinski definition) is 6. The molecule has 0 spiro atoms. The Morgan fingerprint density at radius 2 is 1.71 bits per heavy atom. The molecule has 1 aromatic carbocycles. The summed E-state index contributed by atoms with van der Waals surface area (Å²) in [5, 5.41) is 10.5. The summed E-state index contributed by atoms with van der Waals surface area (Å²) < 4.78 is 0. The molecule has 6 nitrogen and oxygen atoms in total. The zero-order valence-corrected chi connectivity index (χ0v) is 21.2. The van der Waals surface area contributed by atoms with Gasteiger partial charge in [0.15, 0.2) is 5.13 Å². The summed E-state index contributed by atoms with van der Waals surface area (Å²) in [6.45, 7) is 9.86. The molecule has 7 heteroatoms. The Kier molecular flexibility index (Phi) is 8.78. The van der Waals surface area contributed by atoms with Crippen molar-refractivity contribution in [2.45, 2.75) is 53.4 Å². The van der Waals surface area contributed by atoms with E-state index in [2.05, 4.69) is 18.7 Å². The molecule has 1 aromatic heterocycles. The number of aromatic nitrogens is 1. The molecule has 0 saturated carbocycles. The standard InChI is InChI=1S/C27H32N4O2S/c1-5-8-15-30(16-9-6-2)27-29-24(20-13-11-10-12-14-20)23(34-27)17-21-19(4)22(18-28)26(33)31(7-3)25(21)32/h10-14,17H,5-9,15-16H2,1-4H3/b21-17-. The van der Waals surface area contributed by atoms with E-state index >= 15 is 0 Å². The topological polar surface area (TPSA) is 77.3 Å². The van der Waals surface area contributed by atoms with Crippen molar-refractivity contribution in [1.82, 2.24) is 9.88 Å². The number of nitrogens with zero attached hydrogens (tertiary/aromatic N) is 4. The van der Waals surface area contributed by atoms with Gasteiger partial charge in [-0.05, 0) is 38.3 Å². The van der Waals surface area contributed by atoms with Gasteiger partial charge in [-0.15, -0.1) is 0 Å². The maximum atomic E-state index is 13.2. The van der Waals surface area contributed by atoms with Crippen LogP contribution in [0.1, 0.15) is 58.3 Å². The van der Waals surface area contributed by atoms with Gasteiger partial charge in [-0.3, -0.25) is 14.5 Å². The van der Waals surface area contributed by atoms with Crippen molar-refractivity contribution in [2.24, 2.45) is 0 Å². The van der Waals surface area contributed by atoms with Crippen molar-refractivity contribution in [3.8, 4) is 17.3 Å². The smallest absolute Gasteiger partial charge is 0.271 e. The second-order valence-electron chi connectivity index (χ2n) is 8.29. The van der Waals surface area contributed by atoms with Crippen LogP contribution >= 0.6 is 11.3 Å². The highest BCUT2D eigenvalue weighted by Gasteiger charge is 2.34. The normalized spacial score (nSPS) is 15.3. The average Bonchev–Trinajstić information content (AvgIpc) is 3.27. The maximum absolute atomic E-state index is 13.2. The number of rotatable bonds is 10. The average molecular weight is 477 g/mol. The van der Waals surface area contributed by atoms with Crippen LogP contribution in [0.4, 0.5) is 5.13 Å². The lowest BCUT2D eigenvalue weighted by atomic mass is 9.94. The maximum Gasteiger partial charge on any atom is 0.271 e. The van der Waals surface area contributed by atoms with Gasteiger partial charge in [-0.1, -0.05) is 68.4 Å². The minimum absolute atomic E-state index is 0.0196. The van der Waals surface area contributed by atoms with E-state index < -0.39 is 5.91 Å². The fourth-order valence-electron chi connectivity index (χ4n) is 3.91. The fraction of sp³-hybridized carbons (Fsp3) is 0.407. The number of anilines is 1. The first kappa shape index (κ1) is 25.4. The molecule has 0 unspecified atom stereocenters. The lowest BCUT2D eigenvalue weighted by Crippen LogP contribution is -2.42. The van der Waals surface area contributed by atoms with Gasteiger partial charge in [0.05, 0.1) is 10.6 Å². The van der Waals surface area contributed by atoms with Crippen LogP contribution in [0.5, 0.6) is 0 Å². The van der Waals surface area contributed by atoms with Crippen LogP contribution < -0.4 is 4.90 Å². The summed E-state index contributed by atoms with van der Waals surface area (Å²) in [5.74, 6) is -0.894. The first-order valence-electron chi connectivity index (χ1n) is 12.0. The molecule has 2 heterocycles. The third kappa shape index (κ3) is 5.28. The van der Waals surface area contributed by atoms with E-state index in [0.29, 0.717) is 11.1 Å². The molecule has 0 aliphatic carbocycles. The predicted molar refractivity (Wildman–Crippen MR) is 138 cm³/mol. The molecule has 0 saturated heterocycles. The fourth-order valence-corrected chi connectivity index (χ4v) is 4.99. The first-order chi connectivity index (χ1) is 16.5. The van der Waals surface area contributed by atoms with Crippen LogP contribution in [-0.4, -0.2) is 41.3 Å². The van der Waals surface area contributed by atoms with Gasteiger partial charge in [-0.2, -0.15) is 5.26 Å². The van der Waals surface area contributed by atoms with Gasteiger partial charge < -0.3 is 4.90 Å². The van der Waals surface area contributed by atoms with Gasteiger partial charge in [-0.25, -0.2) is 4.98 Å². The van der Waals surface area contributed by atoms with Crippen molar-refractivity contribution in [2.75, 3.05) is 24.5 Å². The third-order valence-electron chi connectivity index (χ3n) is 5.94. The molecule has 0 atom stereocenters. The van der Waals surface area contributed by atoms with Gasteiger partial charge in [0.1, 0.15) is 11.6 Å². The Morgan fingerprint density at radius 1 is 1.06 bits per heavy atom. The Labute approximate surface area is 206 Å². The lowest BCUT2D eigenvalue weighted by molar-refractivity contribution is -0.140. The first-order valence-corrected chi connectivity index (χ1v) is 12.8. The van der Waals surface area contributed by atoms with Gasteiger partial charge in [0.25, 0.3) is 11.8 Å². The molecule has 0 N–H and O–H groups in total. The number of imide groups is 1. The molecule has 2 aromatic rings. The molecule has 1 aliphatic heterocycles. The van der Waals surface area contributed by atoms with Crippen molar-refractivity contribution in [1.29, 1.82) is 5.26 Å². The molecular formula is C27H32N4O2S. The monoisotopic (exact) mass is 476 g/mol. The molecule has 0 bridgehead atoms. The number of amides is 2. The number of nitriles is 1. The van der Waals surface area contributed by atoms with E-state index in [9.17, 15) is 14.9 Å². The summed E-state index contributed by atoms with van der Waals surface area (Å²) >= 11 is 1.56. The van der Waals surface area contributed by atoms with Crippen LogP contribution in [0, 0.1) is 11.3 Å². The van der Waals surface area contributed by atoms with Crippen LogP contribution in [-0.2, 0) is 9.59 Å². The highest BCUT2D eigenvalue weighted by molar-refractivity contribution is 7.17. The minimum atomic E-state index is -0.525. The highest BCUT2D eigenvalue weighted by atomic mass is 32.1. The number of thiazole rings is 1. The molecule has 2 amide bonds. The van der Waals surface area contributed by atoms with E-state index in [0.717, 1.165) is 64.9 Å². The largest absolute Gasteiger partial charge is 0.348 e. The van der Waals surface area contributed by atoms with Gasteiger partial charge in [0.2, 0.25) is 0 Å². The number of likely N-dealkylation sites (N-methyl/N-ethyl adjacent to an activating group) is 1. The highest BCUT2D eigenvalue weighted by Crippen LogP contribution is 2.37. The van der Waals surface area contributed by atoms with E-state index in [-0.39, 0.29) is 18.0 Å². The molecule has 0 fully saturated rings. The Bertz CT molecular complexity index is 1130. The van der Waals surface area contributed by atoms with Crippen molar-refractivity contribution in [3.05, 3.63) is 51.9 Å². The van der Waals surface area contributed by atoms with Crippen molar-refractivity contribution >= 4 is 34.4 Å². The Balaban J connectivity index is 2.17. The molecule has 0 radical (unpaired) electrons. The quantitative estimate of drug-likeness (QED) is 0.318. The Hall–Kier alpha value is -3.24. The summed E-state index contributed by atoms with van der Waals surface area (Å²) in [5.41, 5.74) is 2.59. The summed E-state index contributed by atoms with van der Waals surface area (Å²) in [6.07, 6.45) is 6.19. The lowest BCUT2D eigenvalue weighted by Gasteiger charge is -2.26. The SMILES string of the molecule is CCCCN(CCCC)c1nc(-c2ccccc2)c(/C=C2\C(=O)N(CC)C(=O)C(C#N)=C2C)s1. The number of benzene rings is 1. The number of carbonyl (C=O) groups is 2. The molecule has 1 aliphatic rings. The number of carbonyl (C=O) groups excluding carboxylic acids is 2. The second-order valence-corrected chi connectivity index (χ2v) is 9.30. The van der Waals surface area contributed by atoms with Crippen molar-refractivity contribution < 1.29 is 9.59 Å². The van der Waals surface area contributed by atoms with E-state index in [4.69, 9.17) is 4.98 Å². The van der Waals surface area contributed by atoms with Crippen LogP contribution in [0.25, 0.3) is 17.3 Å². The van der Waals surface area contributed by atoms with Crippen molar-refractivity contribution in [3.63, 3.8) is 0 Å². The summed E-state index contributed by atoms with van der Waals surface area (Å²) in [4.78, 5) is 35.1. The van der Waals surface area contributed by atoms with Gasteiger partial charge >= 0.3 is 0 Å². The zero-order chi connectivity index (χ0) is 24.7. The number of hydrogen-bond donors (Lipinski definition) is 0. The second kappa shape index (κ2) is 11.8. The molecular weight excluding hydrogens is 444 g/mol. The van der Waals surface area contributed by atoms with Crippen LogP contribution in [0.2, 0.25) is 0 Å². The van der Waals surface area contributed by atoms with Gasteiger partial charge in [0, 0.05) is 30.8 Å². The molecule has 34 heavy (non-hydrogen) atoms. The minimum Gasteiger partial charge on any atom is -0.348 e. The van der Waals surface area contributed by atoms with E-state index in [1.165, 1.54) is 0 Å². The molecule has 3 rings (SSSR count). The third-order valence-corrected chi connectivity index (χ3v) is 7.00. The van der Waals surface area contributed by atoms with Crippen LogP contribution in [0.15, 0.2) is 47.1 Å². The Morgan fingerprint density at radius 3 is 2.26 bits per heavy atom. The summed E-state index contributed by atoms with van der Waals surface area (Å²) in [7, 11) is 0. The van der Waals surface area contributed by atoms with E-state index in [1.54, 1.807) is 25.2 Å². The zero-order valence-electron chi connectivity index (χ0n) is 20.4. The number of unbranched alkanes of at least 4 members (excludes halogenated alkanes) is 2. The molecule has 178 valence electrons. The van der Waals surface area contributed by atoms with Crippen LogP contribution in [0.3, 0.4) is 0 Å². The summed E-state index contributed by atoms with van der Waals surface area (Å²) in [6, 6.07) is 11.9. The van der Waals surface area contributed by atoms with E-state index in [1.807, 2.05) is 42.5 Å².